The van der Waals surface area contributed by atoms with Crippen LogP contribution < -0.4 is 14.9 Å². The monoisotopic (exact) mass is 605 g/mol. The SMILES string of the molecule is CCN(CC)C(=O)C(C/C=C/CC(C(C)C)C(NN(C(=O)O)C(C)(C)C)c1ccc(OC)c(OCCCOC)c1)C(C)C. The second-order valence-corrected chi connectivity index (χ2v) is 12.7. The smallest absolute Gasteiger partial charge is 0.422 e. The topological polar surface area (TPSA) is 101 Å². The van der Waals surface area contributed by atoms with Crippen LogP contribution in [0, 0.1) is 23.7 Å². The van der Waals surface area contributed by atoms with Gasteiger partial charge in [0.15, 0.2) is 11.5 Å². The maximum Gasteiger partial charge on any atom is 0.422 e. The highest BCUT2D eigenvalue weighted by Gasteiger charge is 2.34. The fourth-order valence-corrected chi connectivity index (χ4v) is 5.19. The van der Waals surface area contributed by atoms with Crippen LogP contribution in [-0.4, -0.2) is 73.1 Å². The maximum absolute atomic E-state index is 13.1. The number of nitrogens with zero attached hydrogens (tertiary/aromatic N) is 2. The zero-order valence-electron chi connectivity index (χ0n) is 28.6. The highest BCUT2D eigenvalue weighted by Crippen LogP contribution is 2.37. The standard InChI is InChI=1S/C34H59N3O6/c1-12-36(13-2)32(38)28(25(5)6)18-15-14-17-27(24(3)4)31(35-37(33(39)40)34(7,8)9)26-19-20-29(42-11)30(23-26)43-22-16-21-41-10/h14-15,19-20,23-25,27-28,31,35H,12-13,16-18,21-22H2,1-11H3,(H,39,40)/b15-14+. The lowest BCUT2D eigenvalue weighted by Gasteiger charge is -2.40. The molecule has 1 aromatic rings. The molecule has 0 heterocycles. The molecule has 2 amide bonds. The van der Waals surface area contributed by atoms with Gasteiger partial charge in [-0.25, -0.2) is 15.2 Å². The quantitative estimate of drug-likeness (QED) is 0.0978. The average Bonchev–Trinajstić information content (AvgIpc) is 2.93. The van der Waals surface area contributed by atoms with Crippen LogP contribution in [-0.2, 0) is 9.53 Å². The number of hydrogen-bond acceptors (Lipinski definition) is 6. The fraction of sp³-hybridized carbons (Fsp3) is 0.706. The minimum Gasteiger partial charge on any atom is -0.493 e. The number of methoxy groups -OCH3 is 2. The first-order chi connectivity index (χ1) is 20.2. The van der Waals surface area contributed by atoms with Crippen molar-refractivity contribution < 1.29 is 28.9 Å². The summed E-state index contributed by atoms with van der Waals surface area (Å²) in [5, 5.41) is 11.4. The Balaban J connectivity index is 3.45. The van der Waals surface area contributed by atoms with E-state index in [0.717, 1.165) is 12.0 Å². The molecular weight excluding hydrogens is 546 g/mol. The summed E-state index contributed by atoms with van der Waals surface area (Å²) >= 11 is 0. The average molecular weight is 606 g/mol. The summed E-state index contributed by atoms with van der Waals surface area (Å²) in [5.74, 6) is 1.81. The number of amides is 2. The van der Waals surface area contributed by atoms with Gasteiger partial charge in [0.05, 0.1) is 25.3 Å². The van der Waals surface area contributed by atoms with Crippen LogP contribution in [0.4, 0.5) is 4.79 Å². The van der Waals surface area contributed by atoms with Crippen LogP contribution >= 0.6 is 0 Å². The van der Waals surface area contributed by atoms with Crippen molar-refractivity contribution in [3.8, 4) is 11.5 Å². The van der Waals surface area contributed by atoms with Crippen molar-refractivity contribution in [3.05, 3.63) is 35.9 Å². The van der Waals surface area contributed by atoms with Gasteiger partial charge in [0.2, 0.25) is 5.91 Å². The van der Waals surface area contributed by atoms with Crippen molar-refractivity contribution in [2.75, 3.05) is 40.5 Å². The third-order valence-electron chi connectivity index (χ3n) is 7.87. The first-order valence-electron chi connectivity index (χ1n) is 15.8. The normalized spacial score (nSPS) is 14.2. The molecular formula is C34H59N3O6. The molecule has 0 aliphatic rings. The lowest BCUT2D eigenvalue weighted by Crippen LogP contribution is -2.55. The number of nitrogens with one attached hydrogen (secondary N) is 1. The number of hydrazine groups is 1. The zero-order chi connectivity index (χ0) is 32.7. The Hall–Kier alpha value is -2.78. The highest BCUT2D eigenvalue weighted by molar-refractivity contribution is 5.79. The third-order valence-corrected chi connectivity index (χ3v) is 7.87. The molecule has 0 aliphatic carbocycles. The molecule has 3 unspecified atom stereocenters. The molecule has 1 rings (SSSR count). The Morgan fingerprint density at radius 2 is 1.58 bits per heavy atom. The Labute approximate surface area is 260 Å². The van der Waals surface area contributed by atoms with Gasteiger partial charge in [-0.2, -0.15) is 0 Å². The fourth-order valence-electron chi connectivity index (χ4n) is 5.19. The summed E-state index contributed by atoms with van der Waals surface area (Å²) in [4.78, 5) is 27.4. The predicted molar refractivity (Wildman–Crippen MR) is 173 cm³/mol. The van der Waals surface area contributed by atoms with Crippen LogP contribution in [0.15, 0.2) is 30.4 Å². The van der Waals surface area contributed by atoms with Gasteiger partial charge in [-0.3, -0.25) is 4.79 Å². The van der Waals surface area contributed by atoms with Gasteiger partial charge < -0.3 is 24.2 Å². The number of benzene rings is 1. The van der Waals surface area contributed by atoms with Gasteiger partial charge >= 0.3 is 6.09 Å². The largest absolute Gasteiger partial charge is 0.493 e. The Bertz CT molecular complexity index is 1000. The van der Waals surface area contributed by atoms with Gasteiger partial charge in [0, 0.05) is 39.1 Å². The summed E-state index contributed by atoms with van der Waals surface area (Å²) in [7, 11) is 3.27. The Kier molecular flexibility index (Phi) is 16.7. The molecule has 0 saturated carbocycles. The number of ether oxygens (including phenoxy) is 3. The molecule has 0 saturated heterocycles. The van der Waals surface area contributed by atoms with Gasteiger partial charge in [-0.15, -0.1) is 0 Å². The van der Waals surface area contributed by atoms with E-state index in [1.54, 1.807) is 14.2 Å². The molecule has 0 aliphatic heterocycles. The predicted octanol–water partition coefficient (Wildman–Crippen LogP) is 7.18. The maximum atomic E-state index is 13.1. The summed E-state index contributed by atoms with van der Waals surface area (Å²) in [6.45, 7) is 20.6. The summed E-state index contributed by atoms with van der Waals surface area (Å²) in [6.07, 6.45) is 5.33. The second kappa shape index (κ2) is 18.8. The molecule has 1 aromatic carbocycles. The van der Waals surface area contributed by atoms with Crippen LogP contribution in [0.1, 0.15) is 93.2 Å². The number of carbonyl (C=O) groups is 2. The van der Waals surface area contributed by atoms with Crippen LogP contribution in [0.2, 0.25) is 0 Å². The molecule has 43 heavy (non-hydrogen) atoms. The Morgan fingerprint density at radius 1 is 0.953 bits per heavy atom. The van der Waals surface area contributed by atoms with E-state index in [4.69, 9.17) is 14.2 Å². The van der Waals surface area contributed by atoms with E-state index < -0.39 is 11.6 Å². The minimum atomic E-state index is -1.05. The van der Waals surface area contributed by atoms with Crippen LogP contribution in [0.5, 0.6) is 11.5 Å². The van der Waals surface area contributed by atoms with Crippen LogP contribution in [0.3, 0.4) is 0 Å². The van der Waals surface area contributed by atoms with Gasteiger partial charge in [0.1, 0.15) is 0 Å². The van der Waals surface area contributed by atoms with Crippen molar-refractivity contribution in [2.24, 2.45) is 23.7 Å². The number of hydrogen-bond donors (Lipinski definition) is 2. The van der Waals surface area contributed by atoms with E-state index in [2.05, 4.69) is 45.3 Å². The first kappa shape index (κ1) is 38.2. The van der Waals surface area contributed by atoms with E-state index in [9.17, 15) is 14.7 Å². The van der Waals surface area contributed by atoms with Crippen molar-refractivity contribution in [1.29, 1.82) is 0 Å². The molecule has 0 spiro atoms. The molecule has 9 heteroatoms. The number of allylic oxidation sites excluding steroid dienone is 2. The van der Waals surface area contributed by atoms with Crippen molar-refractivity contribution in [2.45, 2.75) is 93.2 Å². The van der Waals surface area contributed by atoms with Crippen LogP contribution in [0.25, 0.3) is 0 Å². The summed E-state index contributed by atoms with van der Waals surface area (Å²) < 4.78 is 16.8. The zero-order valence-corrected chi connectivity index (χ0v) is 28.6. The summed E-state index contributed by atoms with van der Waals surface area (Å²) in [5.41, 5.74) is 3.60. The molecule has 2 N–H and O–H groups in total. The van der Waals surface area contributed by atoms with E-state index in [1.807, 2.05) is 57.7 Å². The van der Waals surface area contributed by atoms with Crippen molar-refractivity contribution in [3.63, 3.8) is 0 Å². The molecule has 0 aromatic heterocycles. The minimum absolute atomic E-state index is 0.0335. The molecule has 9 nitrogen and oxygen atoms in total. The molecule has 0 radical (unpaired) electrons. The molecule has 3 atom stereocenters. The highest BCUT2D eigenvalue weighted by atomic mass is 16.5. The van der Waals surface area contributed by atoms with E-state index in [0.29, 0.717) is 50.6 Å². The van der Waals surface area contributed by atoms with E-state index in [-0.39, 0.29) is 35.6 Å². The van der Waals surface area contributed by atoms with E-state index in [1.165, 1.54) is 5.01 Å². The third kappa shape index (κ3) is 12.0. The lowest BCUT2D eigenvalue weighted by atomic mass is 9.81. The number of rotatable bonds is 19. The van der Waals surface area contributed by atoms with Gasteiger partial charge in [0.25, 0.3) is 0 Å². The van der Waals surface area contributed by atoms with E-state index >= 15 is 0 Å². The van der Waals surface area contributed by atoms with Crippen molar-refractivity contribution in [1.82, 2.24) is 15.3 Å². The Morgan fingerprint density at radius 3 is 2.07 bits per heavy atom. The first-order valence-corrected chi connectivity index (χ1v) is 15.8. The molecule has 246 valence electrons. The van der Waals surface area contributed by atoms with Crippen molar-refractivity contribution >= 4 is 12.0 Å². The molecule has 0 bridgehead atoms. The second-order valence-electron chi connectivity index (χ2n) is 12.7. The number of carboxylic acid groups (broad SMARTS) is 1. The lowest BCUT2D eigenvalue weighted by molar-refractivity contribution is -0.136. The van der Waals surface area contributed by atoms with Gasteiger partial charge in [-0.05, 0) is 82.9 Å². The van der Waals surface area contributed by atoms with Gasteiger partial charge in [-0.1, -0.05) is 45.9 Å². The summed E-state index contributed by atoms with van der Waals surface area (Å²) in [6, 6.07) is 5.45. The molecule has 0 fully saturated rings. The number of carbonyl (C=O) groups excluding carboxylic acids is 1.